The Morgan fingerprint density at radius 1 is 0.976 bits per heavy atom. The van der Waals surface area contributed by atoms with E-state index in [1.807, 2.05) is 23.6 Å². The highest BCUT2D eigenvalue weighted by atomic mass is 32.2. The number of halogens is 1. The molecule has 8 nitrogen and oxygen atoms in total. The fourth-order valence-electron chi connectivity index (χ4n) is 6.22. The second-order valence-corrected chi connectivity index (χ2v) is 12.2. The standard InChI is InChI=1S/C32H31FN8S/c1-2-42-40-14-11-32(12-15-40)20-39(21-32)19-22-5-8-24(9-6-22)41-29(25-4-3-13-35-30(25)34)16-27-31(41)38-28(18-37-27)26-10-7-23(33)17-36-26/h2-10,13,16-18H,1,11-12,14-15,19-21H2,(H2,34,35). The quantitative estimate of drug-likeness (QED) is 0.237. The Morgan fingerprint density at radius 2 is 1.79 bits per heavy atom. The molecule has 0 saturated carbocycles. The van der Waals surface area contributed by atoms with E-state index in [9.17, 15) is 4.39 Å². The summed E-state index contributed by atoms with van der Waals surface area (Å²) in [5.41, 5.74) is 13.1. The Balaban J connectivity index is 1.17. The zero-order chi connectivity index (χ0) is 28.7. The Kier molecular flexibility index (Phi) is 6.97. The van der Waals surface area contributed by atoms with Crippen LogP contribution in [-0.2, 0) is 6.54 Å². The Hall–Kier alpha value is -4.12. The first-order chi connectivity index (χ1) is 20.5. The molecule has 212 valence electrons. The van der Waals surface area contributed by atoms with E-state index < -0.39 is 5.82 Å². The van der Waals surface area contributed by atoms with Crippen LogP contribution in [0.1, 0.15) is 18.4 Å². The first-order valence-corrected chi connectivity index (χ1v) is 14.9. The molecule has 0 bridgehead atoms. The van der Waals surface area contributed by atoms with Gasteiger partial charge in [0.05, 0.1) is 23.8 Å². The number of nitrogens with zero attached hydrogens (tertiary/aromatic N) is 7. The second kappa shape index (κ2) is 10.9. The van der Waals surface area contributed by atoms with Crippen molar-refractivity contribution in [3.8, 4) is 28.3 Å². The summed E-state index contributed by atoms with van der Waals surface area (Å²) in [4.78, 5) is 20.7. The number of nitrogen functional groups attached to an aromatic ring is 1. The van der Waals surface area contributed by atoms with Crippen LogP contribution in [0.15, 0.2) is 85.2 Å². The second-order valence-electron chi connectivity index (χ2n) is 11.1. The fraction of sp³-hybridized carbons (Fsp3) is 0.250. The molecule has 42 heavy (non-hydrogen) atoms. The van der Waals surface area contributed by atoms with Crippen LogP contribution in [0.25, 0.3) is 39.5 Å². The van der Waals surface area contributed by atoms with E-state index in [1.165, 1.54) is 30.7 Å². The zero-order valence-electron chi connectivity index (χ0n) is 23.2. The fourth-order valence-corrected chi connectivity index (χ4v) is 6.82. The van der Waals surface area contributed by atoms with Crippen LogP contribution in [0.4, 0.5) is 10.2 Å². The lowest BCUT2D eigenvalue weighted by molar-refractivity contribution is -0.0382. The summed E-state index contributed by atoms with van der Waals surface area (Å²) in [5, 5.41) is 1.92. The number of piperidine rings is 1. The monoisotopic (exact) mass is 578 g/mol. The van der Waals surface area contributed by atoms with Gasteiger partial charge in [-0.25, -0.2) is 18.7 Å². The zero-order valence-corrected chi connectivity index (χ0v) is 24.0. The maximum atomic E-state index is 13.5. The summed E-state index contributed by atoms with van der Waals surface area (Å²) in [5.74, 6) is 0.0335. The van der Waals surface area contributed by atoms with Gasteiger partial charge < -0.3 is 5.73 Å². The molecule has 2 aliphatic heterocycles. The van der Waals surface area contributed by atoms with Gasteiger partial charge in [-0.3, -0.25) is 19.4 Å². The maximum Gasteiger partial charge on any atom is 0.164 e. The number of rotatable bonds is 7. The minimum absolute atomic E-state index is 0.396. The van der Waals surface area contributed by atoms with Gasteiger partial charge in [-0.15, -0.1) is 0 Å². The molecular formula is C32H31FN8S. The first-order valence-electron chi connectivity index (χ1n) is 14.1. The molecule has 0 aliphatic carbocycles. The van der Waals surface area contributed by atoms with Crippen LogP contribution >= 0.6 is 11.9 Å². The van der Waals surface area contributed by atoms with Crippen molar-refractivity contribution < 1.29 is 4.39 Å². The van der Waals surface area contributed by atoms with Crippen LogP contribution < -0.4 is 5.73 Å². The van der Waals surface area contributed by atoms with Gasteiger partial charge in [0, 0.05) is 50.2 Å². The summed E-state index contributed by atoms with van der Waals surface area (Å²) < 4.78 is 18.0. The molecule has 0 atom stereocenters. The normalized spacial score (nSPS) is 17.0. The Labute approximate surface area is 248 Å². The van der Waals surface area contributed by atoms with Gasteiger partial charge in [-0.2, -0.15) is 0 Å². The number of nitrogens with two attached hydrogens (primary N) is 1. The van der Waals surface area contributed by atoms with Gasteiger partial charge >= 0.3 is 0 Å². The van der Waals surface area contributed by atoms with Gasteiger partial charge in [-0.05, 0) is 71.7 Å². The van der Waals surface area contributed by atoms with Crippen LogP contribution in [0.2, 0.25) is 0 Å². The summed E-state index contributed by atoms with van der Waals surface area (Å²) in [7, 11) is 0. The first kappa shape index (κ1) is 26.8. The third kappa shape index (κ3) is 5.06. The third-order valence-corrected chi connectivity index (χ3v) is 9.15. The van der Waals surface area contributed by atoms with Crippen molar-refractivity contribution in [2.24, 2.45) is 5.41 Å². The lowest BCUT2D eigenvalue weighted by Gasteiger charge is -2.54. The molecule has 2 N–H and O–H groups in total. The molecule has 0 amide bonds. The van der Waals surface area contributed by atoms with E-state index in [-0.39, 0.29) is 0 Å². The van der Waals surface area contributed by atoms with Gasteiger partial charge in [0.2, 0.25) is 0 Å². The molecule has 10 heteroatoms. The van der Waals surface area contributed by atoms with Crippen molar-refractivity contribution in [2.45, 2.75) is 19.4 Å². The van der Waals surface area contributed by atoms with E-state index in [0.29, 0.717) is 33.8 Å². The van der Waals surface area contributed by atoms with Gasteiger partial charge in [0.25, 0.3) is 0 Å². The molecule has 1 spiro atoms. The maximum absolute atomic E-state index is 13.5. The predicted octanol–water partition coefficient (Wildman–Crippen LogP) is 5.96. The molecule has 4 aromatic heterocycles. The van der Waals surface area contributed by atoms with Crippen molar-refractivity contribution in [2.75, 3.05) is 31.9 Å². The molecule has 7 rings (SSSR count). The number of fused-ring (bicyclic) bond motifs is 1. The number of hydrogen-bond acceptors (Lipinski definition) is 8. The van der Waals surface area contributed by atoms with Crippen molar-refractivity contribution in [3.05, 3.63) is 96.6 Å². The van der Waals surface area contributed by atoms with E-state index in [1.54, 1.807) is 30.4 Å². The molecule has 2 fully saturated rings. The summed E-state index contributed by atoms with van der Waals surface area (Å²) in [6.45, 7) is 9.36. The highest BCUT2D eigenvalue weighted by Gasteiger charge is 2.44. The molecule has 0 unspecified atom stereocenters. The minimum Gasteiger partial charge on any atom is -0.383 e. The average Bonchev–Trinajstić information content (AvgIpc) is 3.37. The van der Waals surface area contributed by atoms with E-state index in [2.05, 4.69) is 59.6 Å². The molecule has 2 saturated heterocycles. The van der Waals surface area contributed by atoms with Crippen LogP contribution in [-0.4, -0.2) is 59.9 Å². The van der Waals surface area contributed by atoms with E-state index in [0.717, 1.165) is 49.7 Å². The smallest absolute Gasteiger partial charge is 0.164 e. The molecule has 1 aromatic carbocycles. The van der Waals surface area contributed by atoms with Gasteiger partial charge in [0.1, 0.15) is 22.8 Å². The highest BCUT2D eigenvalue weighted by Crippen LogP contribution is 2.42. The number of anilines is 1. The molecule has 0 radical (unpaired) electrons. The predicted molar refractivity (Wildman–Crippen MR) is 166 cm³/mol. The van der Waals surface area contributed by atoms with E-state index in [4.69, 9.17) is 10.7 Å². The lowest BCUT2D eigenvalue weighted by atomic mass is 9.72. The highest BCUT2D eigenvalue weighted by molar-refractivity contribution is 7.99. The minimum atomic E-state index is -0.396. The van der Waals surface area contributed by atoms with Crippen molar-refractivity contribution >= 4 is 28.9 Å². The number of hydrogen-bond donors (Lipinski definition) is 1. The third-order valence-electron chi connectivity index (χ3n) is 8.34. The molecule has 5 aromatic rings. The Morgan fingerprint density at radius 3 is 2.50 bits per heavy atom. The van der Waals surface area contributed by atoms with Crippen molar-refractivity contribution in [3.63, 3.8) is 0 Å². The number of likely N-dealkylation sites (tertiary alicyclic amines) is 1. The Bertz CT molecular complexity index is 1740. The summed E-state index contributed by atoms with van der Waals surface area (Å²) in [6, 6.07) is 17.4. The van der Waals surface area contributed by atoms with Crippen molar-refractivity contribution in [1.29, 1.82) is 0 Å². The average molecular weight is 579 g/mol. The lowest BCUT2D eigenvalue weighted by Crippen LogP contribution is -2.59. The van der Waals surface area contributed by atoms with Crippen molar-refractivity contribution in [1.82, 2.24) is 33.7 Å². The topological polar surface area (TPSA) is 89.0 Å². The number of benzene rings is 1. The SMILES string of the molecule is C=CSN1CCC2(CC1)CN(Cc1ccc(-n3c(-c4cccnc4N)cc4ncc(-c5ccc(F)cn5)nc43)cc1)C2. The van der Waals surface area contributed by atoms with Crippen LogP contribution in [0, 0.1) is 11.2 Å². The van der Waals surface area contributed by atoms with E-state index >= 15 is 0 Å². The van der Waals surface area contributed by atoms with Crippen LogP contribution in [0.5, 0.6) is 0 Å². The number of pyridine rings is 2. The van der Waals surface area contributed by atoms with Crippen LogP contribution in [0.3, 0.4) is 0 Å². The molecular weight excluding hydrogens is 547 g/mol. The van der Waals surface area contributed by atoms with Gasteiger partial charge in [-0.1, -0.05) is 30.7 Å². The summed E-state index contributed by atoms with van der Waals surface area (Å²) in [6.07, 6.45) is 7.03. The molecule has 6 heterocycles. The number of aromatic nitrogens is 5. The largest absolute Gasteiger partial charge is 0.383 e. The summed E-state index contributed by atoms with van der Waals surface area (Å²) >= 11 is 1.74. The molecule has 2 aliphatic rings. The van der Waals surface area contributed by atoms with Gasteiger partial charge in [0.15, 0.2) is 5.65 Å².